The Morgan fingerprint density at radius 3 is 2.53 bits per heavy atom. The smallest absolute Gasteiger partial charge is 0.354 e. The van der Waals surface area contributed by atoms with Crippen molar-refractivity contribution in [3.05, 3.63) is 29.6 Å². The van der Waals surface area contributed by atoms with E-state index in [1.54, 1.807) is 0 Å². The maximum Gasteiger partial charge on any atom is 0.354 e. The second-order valence-electron chi connectivity index (χ2n) is 3.47. The normalized spacial score (nSPS) is 11.7. The molecule has 1 heterocycles. The highest BCUT2D eigenvalue weighted by Gasteiger charge is 2.12. The van der Waals surface area contributed by atoms with Crippen LogP contribution in [-0.4, -0.2) is 42.9 Å². The number of hydrogen-bond acceptors (Lipinski definition) is 4. The number of carboxylic acids is 1. The van der Waals surface area contributed by atoms with E-state index in [1.807, 2.05) is 0 Å². The molecule has 0 aromatic carbocycles. The van der Waals surface area contributed by atoms with Crippen LogP contribution in [0.1, 0.15) is 16.1 Å². The summed E-state index contributed by atoms with van der Waals surface area (Å²) < 4.78 is 26.1. The first kappa shape index (κ1) is 13.6. The SMILES string of the molecule is CN(C)S(=O)(=O)NCc1ccc(C(=O)O)nc1. The van der Waals surface area contributed by atoms with Crippen molar-refractivity contribution in [3.63, 3.8) is 0 Å². The first-order valence-corrected chi connectivity index (χ1v) is 6.12. The Morgan fingerprint density at radius 1 is 1.47 bits per heavy atom. The van der Waals surface area contributed by atoms with Gasteiger partial charge >= 0.3 is 5.97 Å². The van der Waals surface area contributed by atoms with Crippen LogP contribution >= 0.6 is 0 Å². The van der Waals surface area contributed by atoms with Gasteiger partial charge < -0.3 is 5.11 Å². The van der Waals surface area contributed by atoms with Crippen molar-refractivity contribution >= 4 is 16.2 Å². The number of hydrogen-bond donors (Lipinski definition) is 2. The van der Waals surface area contributed by atoms with Crippen molar-refractivity contribution < 1.29 is 18.3 Å². The molecule has 0 aliphatic heterocycles. The van der Waals surface area contributed by atoms with Gasteiger partial charge in [0.05, 0.1) is 0 Å². The molecule has 94 valence electrons. The van der Waals surface area contributed by atoms with Gasteiger partial charge in [0.15, 0.2) is 0 Å². The van der Waals surface area contributed by atoms with Crippen LogP contribution in [0, 0.1) is 0 Å². The van der Waals surface area contributed by atoms with Crippen LogP contribution in [0.3, 0.4) is 0 Å². The average Bonchev–Trinajstić information content (AvgIpc) is 2.27. The molecule has 0 unspecified atom stereocenters. The molecule has 0 amide bonds. The van der Waals surface area contributed by atoms with Crippen LogP contribution < -0.4 is 4.72 Å². The van der Waals surface area contributed by atoms with Crippen molar-refractivity contribution in [2.75, 3.05) is 14.1 Å². The average molecular weight is 259 g/mol. The monoisotopic (exact) mass is 259 g/mol. The van der Waals surface area contributed by atoms with E-state index < -0.39 is 16.2 Å². The highest BCUT2D eigenvalue weighted by Crippen LogP contribution is 2.01. The number of rotatable bonds is 5. The molecule has 0 aliphatic carbocycles. The lowest BCUT2D eigenvalue weighted by Gasteiger charge is -2.12. The zero-order valence-electron chi connectivity index (χ0n) is 9.41. The van der Waals surface area contributed by atoms with Gasteiger partial charge in [-0.1, -0.05) is 6.07 Å². The Kier molecular flexibility index (Phi) is 4.16. The van der Waals surface area contributed by atoms with Gasteiger partial charge in [0.1, 0.15) is 5.69 Å². The van der Waals surface area contributed by atoms with Crippen LogP contribution in [0.25, 0.3) is 0 Å². The molecule has 0 radical (unpaired) electrons. The van der Waals surface area contributed by atoms with Crippen molar-refractivity contribution in [3.8, 4) is 0 Å². The predicted octanol–water partition coefficient (Wildman–Crippen LogP) is -0.324. The number of nitrogens with one attached hydrogen (secondary N) is 1. The predicted molar refractivity (Wildman–Crippen MR) is 60.6 cm³/mol. The summed E-state index contributed by atoms with van der Waals surface area (Å²) in [6.45, 7) is 0.0629. The summed E-state index contributed by atoms with van der Waals surface area (Å²) in [6, 6.07) is 2.83. The first-order valence-electron chi connectivity index (χ1n) is 4.68. The third kappa shape index (κ3) is 3.77. The van der Waals surface area contributed by atoms with Crippen LogP contribution in [0.2, 0.25) is 0 Å². The first-order chi connectivity index (χ1) is 7.83. The minimum Gasteiger partial charge on any atom is -0.477 e. The third-order valence-corrected chi connectivity index (χ3v) is 3.45. The number of carbonyl (C=O) groups is 1. The molecule has 0 atom stereocenters. The van der Waals surface area contributed by atoms with E-state index >= 15 is 0 Å². The molecule has 8 heteroatoms. The quantitative estimate of drug-likeness (QED) is 0.754. The second kappa shape index (κ2) is 5.21. The van der Waals surface area contributed by atoms with Gasteiger partial charge in [0, 0.05) is 26.8 Å². The fourth-order valence-electron chi connectivity index (χ4n) is 0.959. The van der Waals surface area contributed by atoms with E-state index in [9.17, 15) is 13.2 Å². The number of aromatic nitrogens is 1. The van der Waals surface area contributed by atoms with Crippen LogP contribution in [0.5, 0.6) is 0 Å². The number of nitrogens with zero attached hydrogens (tertiary/aromatic N) is 2. The Morgan fingerprint density at radius 2 is 2.12 bits per heavy atom. The van der Waals surface area contributed by atoms with E-state index in [1.165, 1.54) is 32.4 Å². The highest BCUT2D eigenvalue weighted by molar-refractivity contribution is 7.87. The lowest BCUT2D eigenvalue weighted by atomic mass is 10.2. The number of pyridine rings is 1. The van der Waals surface area contributed by atoms with E-state index in [4.69, 9.17) is 5.11 Å². The molecule has 0 saturated carbocycles. The Hall–Kier alpha value is -1.51. The summed E-state index contributed by atoms with van der Waals surface area (Å²) in [5.41, 5.74) is 0.504. The third-order valence-electron chi connectivity index (χ3n) is 1.98. The summed E-state index contributed by atoms with van der Waals surface area (Å²) in [4.78, 5) is 14.2. The lowest BCUT2D eigenvalue weighted by molar-refractivity contribution is 0.0690. The highest BCUT2D eigenvalue weighted by atomic mass is 32.2. The van der Waals surface area contributed by atoms with Crippen molar-refractivity contribution in [2.24, 2.45) is 0 Å². The maximum absolute atomic E-state index is 11.4. The molecule has 0 saturated heterocycles. The molecule has 1 aromatic rings. The molecule has 0 aliphatic rings. The van der Waals surface area contributed by atoms with Gasteiger partial charge in [-0.2, -0.15) is 17.4 Å². The van der Waals surface area contributed by atoms with Crippen LogP contribution in [0.4, 0.5) is 0 Å². The van der Waals surface area contributed by atoms with Gasteiger partial charge in [0.25, 0.3) is 10.2 Å². The van der Waals surface area contributed by atoms with Gasteiger partial charge in [-0.25, -0.2) is 9.78 Å². The summed E-state index contributed by atoms with van der Waals surface area (Å²) in [7, 11) is -0.662. The van der Waals surface area contributed by atoms with Gasteiger partial charge in [0.2, 0.25) is 0 Å². The van der Waals surface area contributed by atoms with Crippen LogP contribution in [-0.2, 0) is 16.8 Å². The standard InChI is InChI=1S/C9H13N3O4S/c1-12(2)17(15,16)11-6-7-3-4-8(9(13)14)10-5-7/h3-5,11H,6H2,1-2H3,(H,13,14). The molecule has 0 fully saturated rings. The van der Waals surface area contributed by atoms with E-state index in [-0.39, 0.29) is 12.2 Å². The molecule has 2 N–H and O–H groups in total. The molecule has 1 aromatic heterocycles. The van der Waals surface area contributed by atoms with Crippen LogP contribution in [0.15, 0.2) is 18.3 Å². The summed E-state index contributed by atoms with van der Waals surface area (Å²) >= 11 is 0. The van der Waals surface area contributed by atoms with Crippen molar-refractivity contribution in [1.29, 1.82) is 0 Å². The van der Waals surface area contributed by atoms with Crippen molar-refractivity contribution in [2.45, 2.75) is 6.54 Å². The minimum absolute atomic E-state index is 0.0629. The van der Waals surface area contributed by atoms with E-state index in [2.05, 4.69) is 9.71 Å². The largest absolute Gasteiger partial charge is 0.477 e. The molecular weight excluding hydrogens is 246 g/mol. The van der Waals surface area contributed by atoms with Crippen molar-refractivity contribution in [1.82, 2.24) is 14.0 Å². The second-order valence-corrected chi connectivity index (χ2v) is 5.43. The fraction of sp³-hybridized carbons (Fsp3) is 0.333. The topological polar surface area (TPSA) is 99.6 Å². The zero-order valence-corrected chi connectivity index (χ0v) is 10.2. The number of carboxylic acid groups (broad SMARTS) is 1. The van der Waals surface area contributed by atoms with E-state index in [0.717, 1.165) is 4.31 Å². The molecule has 7 nitrogen and oxygen atoms in total. The number of aromatic carboxylic acids is 1. The molecule has 0 bridgehead atoms. The van der Waals surface area contributed by atoms with E-state index in [0.29, 0.717) is 5.56 Å². The lowest BCUT2D eigenvalue weighted by Crippen LogP contribution is -2.35. The summed E-state index contributed by atoms with van der Waals surface area (Å²) in [5, 5.41) is 8.63. The Labute approximate surface area is 99.3 Å². The Bertz CT molecular complexity index is 495. The maximum atomic E-state index is 11.4. The van der Waals surface area contributed by atoms with Gasteiger partial charge in [-0.15, -0.1) is 0 Å². The molecule has 0 spiro atoms. The van der Waals surface area contributed by atoms with Gasteiger partial charge in [-0.3, -0.25) is 0 Å². The Balaban J connectivity index is 2.68. The minimum atomic E-state index is -3.48. The fourth-order valence-corrected chi connectivity index (χ4v) is 1.57. The molecule has 17 heavy (non-hydrogen) atoms. The summed E-state index contributed by atoms with van der Waals surface area (Å²) in [5.74, 6) is -1.12. The zero-order chi connectivity index (χ0) is 13.1. The molecular formula is C9H13N3O4S. The molecule has 1 rings (SSSR count). The van der Waals surface area contributed by atoms with Gasteiger partial charge in [-0.05, 0) is 11.6 Å². The summed E-state index contributed by atoms with van der Waals surface area (Å²) in [6.07, 6.45) is 1.32.